The van der Waals surface area contributed by atoms with Gasteiger partial charge in [0.1, 0.15) is 5.60 Å². The number of hydrogen-bond donors (Lipinski definition) is 0. The van der Waals surface area contributed by atoms with Crippen LogP contribution in [0.5, 0.6) is 0 Å². The number of carbonyl (C=O) groups is 1. The van der Waals surface area contributed by atoms with Crippen molar-refractivity contribution in [2.75, 3.05) is 13.2 Å². The third-order valence-corrected chi connectivity index (χ3v) is 3.15. The van der Waals surface area contributed by atoms with Crippen LogP contribution in [-0.4, -0.2) is 47.7 Å². The van der Waals surface area contributed by atoms with Gasteiger partial charge in [-0.3, -0.25) is 0 Å². The molecule has 104 valence electrons. The van der Waals surface area contributed by atoms with Gasteiger partial charge in [0.15, 0.2) is 5.79 Å². The summed E-state index contributed by atoms with van der Waals surface area (Å²) in [5.74, 6) is -0.550. The van der Waals surface area contributed by atoms with E-state index in [4.69, 9.17) is 14.2 Å². The monoisotopic (exact) mass is 257 g/mol. The summed E-state index contributed by atoms with van der Waals surface area (Å²) in [5, 5.41) is 0. The van der Waals surface area contributed by atoms with Gasteiger partial charge in [-0.2, -0.15) is 0 Å². The van der Waals surface area contributed by atoms with E-state index >= 15 is 0 Å². The molecule has 2 heterocycles. The number of ether oxygens (including phenoxy) is 3. The van der Waals surface area contributed by atoms with Gasteiger partial charge in [-0.25, -0.2) is 4.79 Å². The van der Waals surface area contributed by atoms with Crippen LogP contribution in [0.3, 0.4) is 0 Å². The number of rotatable bonds is 0. The van der Waals surface area contributed by atoms with Gasteiger partial charge < -0.3 is 19.1 Å². The molecule has 0 aromatic rings. The lowest BCUT2D eigenvalue weighted by Gasteiger charge is -2.40. The number of nitrogens with zero attached hydrogens (tertiary/aromatic N) is 1. The molecule has 18 heavy (non-hydrogen) atoms. The van der Waals surface area contributed by atoms with E-state index in [1.807, 2.05) is 34.6 Å². The topological polar surface area (TPSA) is 48.0 Å². The van der Waals surface area contributed by atoms with Crippen LogP contribution >= 0.6 is 0 Å². The van der Waals surface area contributed by atoms with Crippen molar-refractivity contribution in [3.63, 3.8) is 0 Å². The molecular formula is C13H23NO4. The summed E-state index contributed by atoms with van der Waals surface area (Å²) in [6, 6.07) is -0.0205. The van der Waals surface area contributed by atoms with E-state index in [0.29, 0.717) is 13.2 Å². The molecule has 2 rings (SSSR count). The van der Waals surface area contributed by atoms with Gasteiger partial charge >= 0.3 is 6.09 Å². The quantitative estimate of drug-likeness (QED) is 0.667. The summed E-state index contributed by atoms with van der Waals surface area (Å²) in [6.07, 6.45) is 0.625. The van der Waals surface area contributed by atoms with Crippen LogP contribution in [-0.2, 0) is 14.2 Å². The SMILES string of the molecule is CC(C)(C)OC(=O)N1CC[C@@H]2OC(C)(C)OC[C@H]21. The maximum Gasteiger partial charge on any atom is 0.410 e. The Morgan fingerprint density at radius 3 is 2.67 bits per heavy atom. The van der Waals surface area contributed by atoms with E-state index in [9.17, 15) is 4.79 Å². The molecule has 0 aromatic carbocycles. The third-order valence-electron chi connectivity index (χ3n) is 3.15. The summed E-state index contributed by atoms with van der Waals surface area (Å²) >= 11 is 0. The highest BCUT2D eigenvalue weighted by Crippen LogP contribution is 2.32. The van der Waals surface area contributed by atoms with Gasteiger partial charge in [0.2, 0.25) is 0 Å². The van der Waals surface area contributed by atoms with Crippen molar-refractivity contribution < 1.29 is 19.0 Å². The molecule has 0 saturated carbocycles. The van der Waals surface area contributed by atoms with Crippen LogP contribution in [0, 0.1) is 0 Å². The summed E-state index contributed by atoms with van der Waals surface area (Å²) in [5.41, 5.74) is -0.467. The first-order valence-corrected chi connectivity index (χ1v) is 6.49. The molecule has 0 N–H and O–H groups in total. The van der Waals surface area contributed by atoms with E-state index in [1.165, 1.54) is 0 Å². The minimum atomic E-state index is -0.550. The second-order valence-corrected chi connectivity index (χ2v) is 6.40. The lowest BCUT2D eigenvalue weighted by Crippen LogP contribution is -2.52. The average molecular weight is 257 g/mol. The maximum atomic E-state index is 12.1. The Bertz CT molecular complexity index is 334. The Hall–Kier alpha value is -0.810. The highest BCUT2D eigenvalue weighted by Gasteiger charge is 2.46. The highest BCUT2D eigenvalue weighted by atomic mass is 16.7. The zero-order valence-corrected chi connectivity index (χ0v) is 11.9. The van der Waals surface area contributed by atoms with Crippen LogP contribution in [0.15, 0.2) is 0 Å². The molecule has 2 saturated heterocycles. The molecular weight excluding hydrogens is 234 g/mol. The maximum absolute atomic E-state index is 12.1. The van der Waals surface area contributed by atoms with E-state index in [1.54, 1.807) is 4.90 Å². The Labute approximate surface area is 108 Å². The van der Waals surface area contributed by atoms with Crippen molar-refractivity contribution in [3.8, 4) is 0 Å². The first-order valence-electron chi connectivity index (χ1n) is 6.49. The van der Waals surface area contributed by atoms with Gasteiger partial charge in [-0.1, -0.05) is 0 Å². The van der Waals surface area contributed by atoms with E-state index in [2.05, 4.69) is 0 Å². The highest BCUT2D eigenvalue weighted by molar-refractivity contribution is 5.69. The van der Waals surface area contributed by atoms with Gasteiger partial charge in [0, 0.05) is 6.54 Å². The molecule has 5 nitrogen and oxygen atoms in total. The van der Waals surface area contributed by atoms with Gasteiger partial charge in [0.05, 0.1) is 18.8 Å². The molecule has 0 aromatic heterocycles. The summed E-state index contributed by atoms with van der Waals surface area (Å²) in [6.45, 7) is 10.6. The molecule has 0 bridgehead atoms. The molecule has 5 heteroatoms. The Balaban J connectivity index is 1.99. The first kappa shape index (κ1) is 13.6. The van der Waals surface area contributed by atoms with E-state index < -0.39 is 11.4 Å². The molecule has 0 unspecified atom stereocenters. The van der Waals surface area contributed by atoms with Crippen molar-refractivity contribution in [3.05, 3.63) is 0 Å². The number of fused-ring (bicyclic) bond motifs is 1. The molecule has 1 amide bonds. The third kappa shape index (κ3) is 2.95. The average Bonchev–Trinajstić information content (AvgIpc) is 2.55. The predicted molar refractivity (Wildman–Crippen MR) is 66.2 cm³/mol. The molecule has 2 fully saturated rings. The minimum absolute atomic E-state index is 0.0205. The lowest BCUT2D eigenvalue weighted by atomic mass is 10.1. The van der Waals surface area contributed by atoms with Crippen LogP contribution in [0.4, 0.5) is 4.79 Å². The fourth-order valence-electron chi connectivity index (χ4n) is 2.39. The zero-order chi connectivity index (χ0) is 13.6. The molecule has 0 radical (unpaired) electrons. The van der Waals surface area contributed by atoms with E-state index in [0.717, 1.165) is 6.42 Å². The Kier molecular flexibility index (Phi) is 3.32. The minimum Gasteiger partial charge on any atom is -0.444 e. The Morgan fingerprint density at radius 2 is 2.06 bits per heavy atom. The van der Waals surface area contributed by atoms with Crippen LogP contribution in [0.25, 0.3) is 0 Å². The largest absolute Gasteiger partial charge is 0.444 e. The predicted octanol–water partition coefficient (Wildman–Crippen LogP) is 2.15. The van der Waals surface area contributed by atoms with Crippen molar-refractivity contribution in [1.82, 2.24) is 4.90 Å². The van der Waals surface area contributed by atoms with Gasteiger partial charge in [-0.15, -0.1) is 0 Å². The second-order valence-electron chi connectivity index (χ2n) is 6.40. The Morgan fingerprint density at radius 1 is 1.39 bits per heavy atom. The standard InChI is InChI=1S/C13H23NO4/c1-12(2,3)18-11(15)14-7-6-10-9(14)8-16-13(4,5)17-10/h9-10H,6-8H2,1-5H3/t9-,10+/m1/s1. The van der Waals surface area contributed by atoms with Crippen molar-refractivity contribution in [2.45, 2.75) is 64.6 Å². The number of likely N-dealkylation sites (tertiary alicyclic amines) is 1. The first-order chi connectivity index (χ1) is 8.18. The smallest absolute Gasteiger partial charge is 0.410 e. The van der Waals surface area contributed by atoms with Crippen LogP contribution < -0.4 is 0 Å². The normalized spacial score (nSPS) is 31.1. The van der Waals surface area contributed by atoms with Crippen molar-refractivity contribution in [1.29, 1.82) is 0 Å². The molecule has 2 aliphatic rings. The molecule has 2 aliphatic heterocycles. The second kappa shape index (κ2) is 4.38. The summed E-state index contributed by atoms with van der Waals surface area (Å²) < 4.78 is 16.9. The summed E-state index contributed by atoms with van der Waals surface area (Å²) in [4.78, 5) is 13.8. The lowest BCUT2D eigenvalue weighted by molar-refractivity contribution is -0.281. The fraction of sp³-hybridized carbons (Fsp3) is 0.923. The van der Waals surface area contributed by atoms with Gasteiger partial charge in [0.25, 0.3) is 0 Å². The van der Waals surface area contributed by atoms with Crippen molar-refractivity contribution >= 4 is 6.09 Å². The van der Waals surface area contributed by atoms with Gasteiger partial charge in [-0.05, 0) is 41.0 Å². The fourth-order valence-corrected chi connectivity index (χ4v) is 2.39. The van der Waals surface area contributed by atoms with Crippen LogP contribution in [0.2, 0.25) is 0 Å². The molecule has 0 aliphatic carbocycles. The molecule has 0 spiro atoms. The number of carbonyl (C=O) groups excluding carboxylic acids is 1. The zero-order valence-electron chi connectivity index (χ0n) is 11.9. The van der Waals surface area contributed by atoms with E-state index in [-0.39, 0.29) is 18.2 Å². The molecule has 2 atom stereocenters. The number of hydrogen-bond acceptors (Lipinski definition) is 4. The van der Waals surface area contributed by atoms with Crippen molar-refractivity contribution in [2.24, 2.45) is 0 Å². The number of amides is 1. The summed E-state index contributed by atoms with van der Waals surface area (Å²) in [7, 11) is 0. The van der Waals surface area contributed by atoms with Crippen LogP contribution in [0.1, 0.15) is 41.0 Å².